The van der Waals surface area contributed by atoms with Crippen molar-refractivity contribution in [2.24, 2.45) is 0 Å². The summed E-state index contributed by atoms with van der Waals surface area (Å²) < 4.78 is 0. The number of amides is 1. The summed E-state index contributed by atoms with van der Waals surface area (Å²) in [4.78, 5) is 12.3. The highest BCUT2D eigenvalue weighted by atomic mass is 35.5. The van der Waals surface area contributed by atoms with Crippen LogP contribution < -0.4 is 5.32 Å². The maximum atomic E-state index is 12.3. The van der Waals surface area contributed by atoms with Crippen molar-refractivity contribution in [1.29, 1.82) is 0 Å². The van der Waals surface area contributed by atoms with E-state index < -0.39 is 0 Å². The van der Waals surface area contributed by atoms with Gasteiger partial charge in [0.05, 0.1) is 5.56 Å². The van der Waals surface area contributed by atoms with E-state index in [2.05, 4.69) is 30.4 Å². The molecule has 0 saturated heterocycles. The summed E-state index contributed by atoms with van der Waals surface area (Å²) in [6.45, 7) is 2.43. The molecule has 3 nitrogen and oxygen atoms in total. The first-order valence-electron chi connectivity index (χ1n) is 7.96. The molecule has 4 heteroatoms. The molecule has 0 aliphatic carbocycles. The van der Waals surface area contributed by atoms with Gasteiger partial charge in [-0.25, -0.2) is 0 Å². The Hall–Kier alpha value is -2.78. The lowest BCUT2D eigenvalue weighted by Gasteiger charge is -2.11. The maximum absolute atomic E-state index is 12.3. The molecule has 25 heavy (non-hydrogen) atoms. The predicted octanol–water partition coefficient (Wildman–Crippen LogP) is 4.95. The van der Waals surface area contributed by atoms with Crippen LogP contribution in [0.3, 0.4) is 0 Å². The number of rotatable bonds is 4. The smallest absolute Gasteiger partial charge is 0.255 e. The fourth-order valence-corrected chi connectivity index (χ4v) is 2.85. The van der Waals surface area contributed by atoms with Crippen molar-refractivity contribution in [1.82, 2.24) is 5.32 Å². The van der Waals surface area contributed by atoms with Crippen LogP contribution in [-0.2, 0) is 6.54 Å². The van der Waals surface area contributed by atoms with Gasteiger partial charge in [0.1, 0.15) is 5.75 Å². The summed E-state index contributed by atoms with van der Waals surface area (Å²) in [5, 5.41) is 13.0. The molecule has 3 rings (SSSR count). The molecular weight excluding hydrogens is 334 g/mol. The Kier molecular flexibility index (Phi) is 5.05. The second kappa shape index (κ2) is 7.41. The molecule has 0 saturated carbocycles. The van der Waals surface area contributed by atoms with Crippen LogP contribution in [0.25, 0.3) is 11.1 Å². The number of phenolic OH excluding ortho intramolecular Hbond substituents is 1. The first kappa shape index (κ1) is 17.1. The highest BCUT2D eigenvalue weighted by Gasteiger charge is 2.12. The van der Waals surface area contributed by atoms with Gasteiger partial charge in [0.25, 0.3) is 5.91 Å². The van der Waals surface area contributed by atoms with Gasteiger partial charge < -0.3 is 10.4 Å². The van der Waals surface area contributed by atoms with Crippen LogP contribution in [0.4, 0.5) is 0 Å². The molecule has 0 atom stereocenters. The molecular formula is C21H18ClNO2. The van der Waals surface area contributed by atoms with Crippen molar-refractivity contribution >= 4 is 17.5 Å². The second-order valence-corrected chi connectivity index (χ2v) is 6.30. The van der Waals surface area contributed by atoms with Crippen LogP contribution in [0.15, 0.2) is 66.7 Å². The number of carbonyl (C=O) groups excluding carboxylic acids is 1. The first-order valence-corrected chi connectivity index (χ1v) is 8.34. The molecule has 1 amide bonds. The van der Waals surface area contributed by atoms with E-state index in [-0.39, 0.29) is 17.2 Å². The number of benzene rings is 3. The molecule has 3 aromatic carbocycles. The van der Waals surface area contributed by atoms with E-state index in [4.69, 9.17) is 11.6 Å². The minimum absolute atomic E-state index is 0.0872. The lowest BCUT2D eigenvalue weighted by molar-refractivity contribution is 0.0948. The third-order valence-corrected chi connectivity index (χ3v) is 4.28. The number of carbonyl (C=O) groups is 1. The maximum Gasteiger partial charge on any atom is 0.255 e. The summed E-state index contributed by atoms with van der Waals surface area (Å²) in [7, 11) is 0. The zero-order valence-electron chi connectivity index (χ0n) is 13.8. The van der Waals surface area contributed by atoms with E-state index in [1.807, 2.05) is 30.3 Å². The van der Waals surface area contributed by atoms with Gasteiger partial charge in [0.15, 0.2) is 0 Å². The van der Waals surface area contributed by atoms with Gasteiger partial charge in [0, 0.05) is 11.6 Å². The number of nitrogens with one attached hydrogen (secondary N) is 1. The minimum atomic E-state index is -0.359. The molecule has 2 N–H and O–H groups in total. The normalized spacial score (nSPS) is 10.5. The fourth-order valence-electron chi connectivity index (χ4n) is 2.68. The molecule has 0 aliphatic heterocycles. The van der Waals surface area contributed by atoms with Crippen LogP contribution in [0.2, 0.25) is 5.02 Å². The second-order valence-electron chi connectivity index (χ2n) is 5.86. The Morgan fingerprint density at radius 2 is 1.80 bits per heavy atom. The first-order chi connectivity index (χ1) is 12.0. The summed E-state index contributed by atoms with van der Waals surface area (Å²) in [5.41, 5.74) is 4.61. The molecule has 0 aromatic heterocycles. The third-order valence-electron chi connectivity index (χ3n) is 4.04. The van der Waals surface area contributed by atoms with E-state index in [0.29, 0.717) is 11.6 Å². The number of phenols is 1. The minimum Gasteiger partial charge on any atom is -0.507 e. The fraction of sp³-hybridized carbons (Fsp3) is 0.0952. The van der Waals surface area contributed by atoms with Crippen LogP contribution in [0, 0.1) is 6.92 Å². The number of aromatic hydroxyl groups is 1. The van der Waals surface area contributed by atoms with Crippen molar-refractivity contribution in [3.05, 3.63) is 88.4 Å². The van der Waals surface area contributed by atoms with E-state index in [0.717, 1.165) is 16.7 Å². The van der Waals surface area contributed by atoms with E-state index >= 15 is 0 Å². The molecule has 0 radical (unpaired) electrons. The average molecular weight is 352 g/mol. The molecule has 126 valence electrons. The van der Waals surface area contributed by atoms with Crippen LogP contribution in [0.1, 0.15) is 21.5 Å². The summed E-state index contributed by atoms with van der Waals surface area (Å²) in [5.74, 6) is -0.447. The molecule has 0 unspecified atom stereocenters. The number of hydrogen-bond acceptors (Lipinski definition) is 2. The zero-order chi connectivity index (χ0) is 17.8. The number of halogens is 1. The lowest BCUT2D eigenvalue weighted by atomic mass is 9.98. The lowest BCUT2D eigenvalue weighted by Crippen LogP contribution is -2.22. The molecule has 0 aliphatic rings. The Morgan fingerprint density at radius 3 is 2.56 bits per heavy atom. The summed E-state index contributed by atoms with van der Waals surface area (Å²) in [6, 6.07) is 20.6. The largest absolute Gasteiger partial charge is 0.507 e. The number of aryl methyl sites for hydroxylation is 1. The van der Waals surface area contributed by atoms with Gasteiger partial charge in [-0.15, -0.1) is 0 Å². The Bertz CT molecular complexity index is 907. The molecule has 0 spiro atoms. The standard InChI is InChI=1S/C21H18ClNO2/c1-14-7-8-15(11-18(14)16-5-3-2-4-6-16)13-23-21(25)19-12-17(22)9-10-20(19)24/h2-12,24H,13H2,1H3,(H,23,25). The van der Waals surface area contributed by atoms with Gasteiger partial charge >= 0.3 is 0 Å². The van der Waals surface area contributed by atoms with E-state index in [1.54, 1.807) is 6.07 Å². The van der Waals surface area contributed by atoms with Crippen molar-refractivity contribution in [3.8, 4) is 16.9 Å². The topological polar surface area (TPSA) is 49.3 Å². The Balaban J connectivity index is 1.78. The van der Waals surface area contributed by atoms with Gasteiger partial charge in [-0.2, -0.15) is 0 Å². The zero-order valence-corrected chi connectivity index (χ0v) is 14.5. The van der Waals surface area contributed by atoms with Gasteiger partial charge in [-0.3, -0.25) is 4.79 Å². The van der Waals surface area contributed by atoms with Crippen LogP contribution in [-0.4, -0.2) is 11.0 Å². The van der Waals surface area contributed by atoms with E-state index in [9.17, 15) is 9.90 Å². The van der Waals surface area contributed by atoms with Gasteiger partial charge in [0.2, 0.25) is 0 Å². The molecule has 0 fully saturated rings. The number of hydrogen-bond donors (Lipinski definition) is 2. The summed E-state index contributed by atoms with van der Waals surface area (Å²) >= 11 is 5.89. The van der Waals surface area contributed by atoms with Crippen molar-refractivity contribution in [2.45, 2.75) is 13.5 Å². The Labute approximate surface area is 151 Å². The van der Waals surface area contributed by atoms with Crippen LogP contribution >= 0.6 is 11.6 Å². The van der Waals surface area contributed by atoms with Crippen molar-refractivity contribution in [2.75, 3.05) is 0 Å². The molecule has 0 heterocycles. The van der Waals surface area contributed by atoms with Gasteiger partial charge in [-0.1, -0.05) is 54.1 Å². The Morgan fingerprint density at radius 1 is 1.04 bits per heavy atom. The monoisotopic (exact) mass is 351 g/mol. The highest BCUT2D eigenvalue weighted by molar-refractivity contribution is 6.31. The third kappa shape index (κ3) is 4.01. The average Bonchev–Trinajstić information content (AvgIpc) is 2.63. The molecule has 0 bridgehead atoms. The predicted molar refractivity (Wildman–Crippen MR) is 101 cm³/mol. The van der Waals surface area contributed by atoms with Crippen molar-refractivity contribution < 1.29 is 9.90 Å². The van der Waals surface area contributed by atoms with Gasteiger partial charge in [-0.05, 0) is 53.4 Å². The van der Waals surface area contributed by atoms with Crippen LogP contribution in [0.5, 0.6) is 5.75 Å². The van der Waals surface area contributed by atoms with E-state index in [1.165, 1.54) is 17.7 Å². The SMILES string of the molecule is Cc1ccc(CNC(=O)c2cc(Cl)ccc2O)cc1-c1ccccc1. The summed E-state index contributed by atoms with van der Waals surface area (Å²) in [6.07, 6.45) is 0. The quantitative estimate of drug-likeness (QED) is 0.698. The molecule has 3 aromatic rings. The van der Waals surface area contributed by atoms with Crippen molar-refractivity contribution in [3.63, 3.8) is 0 Å². The highest BCUT2D eigenvalue weighted by Crippen LogP contribution is 2.25.